The summed E-state index contributed by atoms with van der Waals surface area (Å²) in [5, 5.41) is 18.8. The van der Waals surface area contributed by atoms with E-state index in [1.807, 2.05) is 24.0 Å². The predicted molar refractivity (Wildman–Crippen MR) is 76.1 cm³/mol. The van der Waals surface area contributed by atoms with Crippen LogP contribution in [-0.4, -0.2) is 23.2 Å². The molecule has 2 rings (SSSR count). The van der Waals surface area contributed by atoms with E-state index in [2.05, 4.69) is 22.0 Å². The molecule has 1 N–H and O–H groups in total. The fourth-order valence-electron chi connectivity index (χ4n) is 2.80. The first kappa shape index (κ1) is 13.9. The number of nitrogens with zero attached hydrogens (tertiary/aromatic N) is 2. The number of aliphatic carboxylic acids is 1. The molecular weight excluding hydrogens is 308 g/mol. The Morgan fingerprint density at radius 1 is 1.63 bits per heavy atom. The Labute approximate surface area is 120 Å². The van der Waals surface area contributed by atoms with Gasteiger partial charge in [0.25, 0.3) is 0 Å². The number of carbonyl (C=O) groups is 1. The fourth-order valence-corrected chi connectivity index (χ4v) is 3.17. The summed E-state index contributed by atoms with van der Waals surface area (Å²) >= 11 is 3.33. The van der Waals surface area contributed by atoms with Gasteiger partial charge in [0.1, 0.15) is 11.6 Å². The molecule has 5 heteroatoms. The van der Waals surface area contributed by atoms with Crippen LogP contribution in [0.4, 0.5) is 5.69 Å². The van der Waals surface area contributed by atoms with Crippen molar-refractivity contribution in [1.82, 2.24) is 0 Å². The van der Waals surface area contributed by atoms with Crippen LogP contribution in [-0.2, 0) is 4.79 Å². The third-order valence-corrected chi connectivity index (χ3v) is 4.33. The Morgan fingerprint density at radius 2 is 2.37 bits per heavy atom. The molecule has 1 heterocycles. The van der Waals surface area contributed by atoms with Crippen LogP contribution >= 0.6 is 15.9 Å². The lowest BCUT2D eigenvalue weighted by Crippen LogP contribution is -2.50. The maximum Gasteiger partial charge on any atom is 0.329 e. The van der Waals surface area contributed by atoms with Crippen LogP contribution in [0.1, 0.15) is 31.7 Å². The Kier molecular flexibility index (Phi) is 3.81. The number of carboxylic acids is 1. The molecule has 1 aromatic carbocycles. The Bertz CT molecular complexity index is 553. The van der Waals surface area contributed by atoms with E-state index in [0.29, 0.717) is 30.6 Å². The lowest BCUT2D eigenvalue weighted by Gasteiger charge is -2.36. The van der Waals surface area contributed by atoms with E-state index >= 15 is 0 Å². The number of carboxylic acid groups (broad SMARTS) is 1. The molecule has 0 bridgehead atoms. The largest absolute Gasteiger partial charge is 0.479 e. The molecule has 0 amide bonds. The number of benzene rings is 1. The van der Waals surface area contributed by atoms with Gasteiger partial charge >= 0.3 is 5.97 Å². The first-order valence-corrected chi connectivity index (χ1v) is 7.05. The molecule has 4 nitrogen and oxygen atoms in total. The second-order valence-electron chi connectivity index (χ2n) is 4.72. The monoisotopic (exact) mass is 322 g/mol. The van der Waals surface area contributed by atoms with Gasteiger partial charge in [-0.3, -0.25) is 0 Å². The van der Waals surface area contributed by atoms with Crippen LogP contribution in [0.15, 0.2) is 22.7 Å². The molecule has 1 atom stereocenters. The van der Waals surface area contributed by atoms with Gasteiger partial charge in [-0.25, -0.2) is 4.79 Å². The predicted octanol–water partition coefficient (Wildman–Crippen LogP) is 3.15. The molecular formula is C14H15BrN2O2. The number of halogens is 1. The minimum absolute atomic E-state index is 0.510. The second-order valence-corrected chi connectivity index (χ2v) is 5.63. The van der Waals surface area contributed by atoms with Crippen LogP contribution in [0.3, 0.4) is 0 Å². The van der Waals surface area contributed by atoms with Gasteiger partial charge in [-0.1, -0.05) is 22.9 Å². The highest BCUT2D eigenvalue weighted by molar-refractivity contribution is 9.10. The smallest absolute Gasteiger partial charge is 0.329 e. The number of rotatable bonds is 3. The molecule has 1 aliphatic heterocycles. The minimum atomic E-state index is -0.876. The van der Waals surface area contributed by atoms with Gasteiger partial charge in [0, 0.05) is 11.0 Å². The molecule has 1 fully saturated rings. The average molecular weight is 323 g/mol. The minimum Gasteiger partial charge on any atom is -0.479 e. The van der Waals surface area contributed by atoms with E-state index in [1.165, 1.54) is 0 Å². The molecule has 0 aliphatic carbocycles. The lowest BCUT2D eigenvalue weighted by atomic mass is 9.92. The van der Waals surface area contributed by atoms with Gasteiger partial charge in [-0.05, 0) is 37.5 Å². The van der Waals surface area contributed by atoms with Crippen LogP contribution < -0.4 is 4.90 Å². The Balaban J connectivity index is 2.52. The zero-order valence-electron chi connectivity index (χ0n) is 10.7. The van der Waals surface area contributed by atoms with Gasteiger partial charge < -0.3 is 10.0 Å². The summed E-state index contributed by atoms with van der Waals surface area (Å²) in [5.74, 6) is -0.806. The summed E-state index contributed by atoms with van der Waals surface area (Å²) in [6.45, 7) is 2.56. The highest BCUT2D eigenvalue weighted by Crippen LogP contribution is 2.39. The van der Waals surface area contributed by atoms with E-state index in [0.717, 1.165) is 10.9 Å². The molecule has 100 valence electrons. The van der Waals surface area contributed by atoms with E-state index in [9.17, 15) is 15.2 Å². The van der Waals surface area contributed by atoms with Crippen molar-refractivity contribution in [2.24, 2.45) is 0 Å². The van der Waals surface area contributed by atoms with Crippen molar-refractivity contribution in [3.63, 3.8) is 0 Å². The van der Waals surface area contributed by atoms with Crippen molar-refractivity contribution in [2.75, 3.05) is 11.4 Å². The van der Waals surface area contributed by atoms with E-state index in [4.69, 9.17) is 0 Å². The normalized spacial score (nSPS) is 22.3. The van der Waals surface area contributed by atoms with Crippen LogP contribution in [0.5, 0.6) is 0 Å². The molecule has 0 saturated carbocycles. The average Bonchev–Trinajstić information content (AvgIpc) is 2.83. The van der Waals surface area contributed by atoms with Crippen LogP contribution in [0.2, 0.25) is 0 Å². The number of nitriles is 1. The van der Waals surface area contributed by atoms with E-state index in [-0.39, 0.29) is 0 Å². The summed E-state index contributed by atoms with van der Waals surface area (Å²) < 4.78 is 0.824. The third-order valence-electron chi connectivity index (χ3n) is 3.84. The molecule has 1 aliphatic rings. The van der Waals surface area contributed by atoms with Gasteiger partial charge in [-0.15, -0.1) is 0 Å². The summed E-state index contributed by atoms with van der Waals surface area (Å²) in [5.41, 5.74) is 0.349. The van der Waals surface area contributed by atoms with Crippen molar-refractivity contribution < 1.29 is 9.90 Å². The fraction of sp³-hybridized carbons (Fsp3) is 0.429. The van der Waals surface area contributed by atoms with Crippen LogP contribution in [0, 0.1) is 11.3 Å². The van der Waals surface area contributed by atoms with Gasteiger partial charge in [0.05, 0.1) is 11.3 Å². The zero-order valence-corrected chi connectivity index (χ0v) is 12.3. The topological polar surface area (TPSA) is 64.3 Å². The first-order valence-electron chi connectivity index (χ1n) is 6.26. The van der Waals surface area contributed by atoms with Crippen molar-refractivity contribution in [1.29, 1.82) is 5.26 Å². The number of hydrogen-bond donors (Lipinski definition) is 1. The molecule has 19 heavy (non-hydrogen) atoms. The molecule has 1 saturated heterocycles. The third kappa shape index (κ3) is 2.21. The highest BCUT2D eigenvalue weighted by atomic mass is 79.9. The summed E-state index contributed by atoms with van der Waals surface area (Å²) in [6.07, 6.45) is 1.99. The van der Waals surface area contributed by atoms with Crippen molar-refractivity contribution >= 4 is 27.6 Å². The molecule has 1 unspecified atom stereocenters. The number of hydrogen-bond acceptors (Lipinski definition) is 3. The lowest BCUT2D eigenvalue weighted by molar-refractivity contribution is -0.143. The zero-order chi connectivity index (χ0) is 14.0. The SMILES string of the molecule is CCC1(C(=O)O)CCCN1c1ccc(Br)cc1C#N. The number of anilines is 1. The standard InChI is InChI=1S/C14H15BrN2O2/c1-2-14(13(18)19)6-3-7-17(14)12-5-4-11(15)8-10(12)9-16/h4-5,8H,2-3,6-7H2,1H3,(H,18,19). The van der Waals surface area contributed by atoms with Gasteiger partial charge in [-0.2, -0.15) is 5.26 Å². The summed E-state index contributed by atoms with van der Waals surface area (Å²) in [4.78, 5) is 13.5. The van der Waals surface area contributed by atoms with Crippen molar-refractivity contribution in [2.45, 2.75) is 31.7 Å². The maximum absolute atomic E-state index is 11.7. The first-order chi connectivity index (χ1) is 9.05. The quantitative estimate of drug-likeness (QED) is 0.928. The van der Waals surface area contributed by atoms with Crippen molar-refractivity contribution in [3.8, 4) is 6.07 Å². The van der Waals surface area contributed by atoms with E-state index < -0.39 is 11.5 Å². The van der Waals surface area contributed by atoms with E-state index in [1.54, 1.807) is 6.07 Å². The molecule has 0 radical (unpaired) electrons. The van der Waals surface area contributed by atoms with Gasteiger partial charge in [0.2, 0.25) is 0 Å². The highest BCUT2D eigenvalue weighted by Gasteiger charge is 2.46. The Morgan fingerprint density at radius 3 is 2.95 bits per heavy atom. The summed E-state index contributed by atoms with van der Waals surface area (Å²) in [6, 6.07) is 7.55. The summed E-state index contributed by atoms with van der Waals surface area (Å²) in [7, 11) is 0. The molecule has 1 aromatic rings. The molecule has 0 aromatic heterocycles. The van der Waals surface area contributed by atoms with Gasteiger partial charge in [0.15, 0.2) is 0 Å². The maximum atomic E-state index is 11.7. The molecule has 0 spiro atoms. The Hall–Kier alpha value is -1.54. The van der Waals surface area contributed by atoms with Crippen LogP contribution in [0.25, 0.3) is 0 Å². The van der Waals surface area contributed by atoms with Crippen molar-refractivity contribution in [3.05, 3.63) is 28.2 Å². The second kappa shape index (κ2) is 5.22.